The summed E-state index contributed by atoms with van der Waals surface area (Å²) >= 11 is 0. The van der Waals surface area contributed by atoms with Crippen molar-refractivity contribution in [3.8, 4) is 0 Å². The fourth-order valence-electron chi connectivity index (χ4n) is 3.08. The van der Waals surface area contributed by atoms with E-state index in [0.29, 0.717) is 13.1 Å². The summed E-state index contributed by atoms with van der Waals surface area (Å²) in [7, 11) is 0. The van der Waals surface area contributed by atoms with Crippen LogP contribution in [-0.2, 0) is 11.3 Å². The predicted molar refractivity (Wildman–Crippen MR) is 77.1 cm³/mol. The number of benzene rings is 1. The first-order valence-electron chi connectivity index (χ1n) is 7.32. The van der Waals surface area contributed by atoms with Crippen molar-refractivity contribution in [1.82, 2.24) is 5.16 Å². The number of halogens is 3. The molecule has 1 aliphatic rings. The zero-order valence-corrected chi connectivity index (χ0v) is 12.7. The van der Waals surface area contributed by atoms with E-state index >= 15 is 0 Å². The lowest BCUT2D eigenvalue weighted by molar-refractivity contribution is -0.00549. The van der Waals surface area contributed by atoms with Crippen LogP contribution in [0.5, 0.6) is 0 Å². The van der Waals surface area contributed by atoms with Crippen LogP contribution < -0.4 is 4.90 Å². The van der Waals surface area contributed by atoms with Gasteiger partial charge in [-0.05, 0) is 19.9 Å². The molecule has 1 aromatic carbocycles. The fourth-order valence-corrected chi connectivity index (χ4v) is 3.08. The van der Waals surface area contributed by atoms with Crippen molar-refractivity contribution in [2.24, 2.45) is 0 Å². The van der Waals surface area contributed by atoms with Crippen molar-refractivity contribution in [1.29, 1.82) is 0 Å². The predicted octanol–water partition coefficient (Wildman–Crippen LogP) is 3.01. The van der Waals surface area contributed by atoms with Gasteiger partial charge in [-0.15, -0.1) is 0 Å². The van der Waals surface area contributed by atoms with Crippen LogP contribution in [0.1, 0.15) is 31.5 Å². The number of rotatable bonds is 3. The number of hydrogen-bond acceptors (Lipinski definition) is 5. The summed E-state index contributed by atoms with van der Waals surface area (Å²) in [5, 5.41) is 12.7. The first kappa shape index (κ1) is 16.1. The van der Waals surface area contributed by atoms with Gasteiger partial charge >= 0.3 is 0 Å². The van der Waals surface area contributed by atoms with Gasteiger partial charge in [0.1, 0.15) is 0 Å². The molecular formula is C15H17F3N2O3. The number of anilines is 1. The third-order valence-electron chi connectivity index (χ3n) is 3.90. The number of hydrogen-bond donors (Lipinski definition) is 1. The number of nitrogens with zero attached hydrogens (tertiary/aromatic N) is 2. The van der Waals surface area contributed by atoms with Gasteiger partial charge in [0.05, 0.1) is 29.9 Å². The summed E-state index contributed by atoms with van der Waals surface area (Å²) < 4.78 is 51.1. The van der Waals surface area contributed by atoms with E-state index in [2.05, 4.69) is 5.16 Å². The molecule has 2 atom stereocenters. The van der Waals surface area contributed by atoms with Crippen molar-refractivity contribution < 1.29 is 27.5 Å². The highest BCUT2D eigenvalue weighted by Crippen LogP contribution is 2.37. The van der Waals surface area contributed by atoms with E-state index in [1.165, 1.54) is 6.07 Å². The highest BCUT2D eigenvalue weighted by molar-refractivity contribution is 5.86. The molecule has 0 saturated carbocycles. The van der Waals surface area contributed by atoms with Crippen molar-refractivity contribution >= 4 is 16.7 Å². The van der Waals surface area contributed by atoms with Crippen molar-refractivity contribution in [2.45, 2.75) is 39.1 Å². The minimum absolute atomic E-state index is 0.111. The van der Waals surface area contributed by atoms with Crippen LogP contribution in [0.4, 0.5) is 18.9 Å². The molecule has 1 aliphatic heterocycles. The number of ether oxygens (including phenoxy) is 1. The second-order valence-electron chi connectivity index (χ2n) is 5.76. The van der Waals surface area contributed by atoms with E-state index < -0.39 is 24.5 Å². The van der Waals surface area contributed by atoms with Gasteiger partial charge in [-0.3, -0.25) is 0 Å². The summed E-state index contributed by atoms with van der Waals surface area (Å²) in [6.07, 6.45) is -3.12. The molecule has 5 nitrogen and oxygen atoms in total. The number of alkyl halides is 2. The van der Waals surface area contributed by atoms with Gasteiger partial charge in [-0.2, -0.15) is 0 Å². The third-order valence-corrected chi connectivity index (χ3v) is 3.90. The number of aliphatic hydroxyl groups is 1. The number of aliphatic hydroxyl groups excluding tert-OH is 1. The third kappa shape index (κ3) is 2.76. The zero-order valence-electron chi connectivity index (χ0n) is 12.7. The Bertz CT molecular complexity index is 710. The lowest BCUT2D eigenvalue weighted by atomic mass is 10.1. The molecule has 0 amide bonds. The maximum Gasteiger partial charge on any atom is 0.284 e. The molecule has 2 aromatic rings. The smallest absolute Gasteiger partial charge is 0.284 e. The lowest BCUT2D eigenvalue weighted by Crippen LogP contribution is -2.46. The minimum Gasteiger partial charge on any atom is -0.392 e. The molecule has 1 saturated heterocycles. The molecule has 0 bridgehead atoms. The topological polar surface area (TPSA) is 58.7 Å². The number of morpholine rings is 1. The molecule has 23 heavy (non-hydrogen) atoms. The van der Waals surface area contributed by atoms with Crippen LogP contribution in [0.25, 0.3) is 11.0 Å². The van der Waals surface area contributed by atoms with Crippen molar-refractivity contribution in [2.75, 3.05) is 18.0 Å². The quantitative estimate of drug-likeness (QED) is 0.937. The van der Waals surface area contributed by atoms with Crippen LogP contribution in [-0.4, -0.2) is 35.6 Å². The van der Waals surface area contributed by atoms with Gasteiger partial charge in [0, 0.05) is 18.7 Å². The monoisotopic (exact) mass is 330 g/mol. The van der Waals surface area contributed by atoms with Crippen LogP contribution >= 0.6 is 0 Å². The van der Waals surface area contributed by atoms with Crippen LogP contribution in [0.2, 0.25) is 0 Å². The Morgan fingerprint density at radius 1 is 1.35 bits per heavy atom. The fraction of sp³-hybridized carbons (Fsp3) is 0.533. The number of aromatic nitrogens is 1. The Hall–Kier alpha value is -1.80. The zero-order chi connectivity index (χ0) is 16.7. The molecule has 1 N–H and O–H groups in total. The molecule has 0 unspecified atom stereocenters. The van der Waals surface area contributed by atoms with Gasteiger partial charge < -0.3 is 19.3 Å². The molecule has 0 radical (unpaired) electrons. The van der Waals surface area contributed by atoms with E-state index in [9.17, 15) is 18.3 Å². The van der Waals surface area contributed by atoms with Gasteiger partial charge in [0.25, 0.3) is 6.43 Å². The molecule has 1 fully saturated rings. The van der Waals surface area contributed by atoms with Crippen LogP contribution in [0, 0.1) is 5.82 Å². The Labute approximate surface area is 130 Å². The largest absolute Gasteiger partial charge is 0.392 e. The Kier molecular flexibility index (Phi) is 4.20. The van der Waals surface area contributed by atoms with E-state index in [4.69, 9.17) is 9.26 Å². The molecule has 8 heteroatoms. The maximum absolute atomic E-state index is 14.9. The highest BCUT2D eigenvalue weighted by atomic mass is 19.3. The molecular weight excluding hydrogens is 313 g/mol. The highest BCUT2D eigenvalue weighted by Gasteiger charge is 2.30. The first-order valence-corrected chi connectivity index (χ1v) is 7.32. The Morgan fingerprint density at radius 2 is 2.00 bits per heavy atom. The van der Waals surface area contributed by atoms with E-state index in [-0.39, 0.29) is 34.4 Å². The van der Waals surface area contributed by atoms with Gasteiger partial charge in [0.2, 0.25) is 5.58 Å². The first-order chi connectivity index (χ1) is 10.9. The van der Waals surface area contributed by atoms with Crippen molar-refractivity contribution in [3.63, 3.8) is 0 Å². The second kappa shape index (κ2) is 6.01. The molecule has 0 aliphatic carbocycles. The SMILES string of the molecule is C[C@@H]1CN(c2c(CO)cc3c(C(F)F)noc3c2F)C[C@H](C)O1. The Balaban J connectivity index is 2.15. The summed E-state index contributed by atoms with van der Waals surface area (Å²) in [6.45, 7) is 4.10. The van der Waals surface area contributed by atoms with Gasteiger partial charge in [-0.1, -0.05) is 5.16 Å². The van der Waals surface area contributed by atoms with E-state index in [1.807, 2.05) is 13.8 Å². The normalized spacial score (nSPS) is 22.3. The van der Waals surface area contributed by atoms with Gasteiger partial charge in [0.15, 0.2) is 11.5 Å². The summed E-state index contributed by atoms with van der Waals surface area (Å²) in [5.74, 6) is -0.785. The maximum atomic E-state index is 14.9. The molecule has 126 valence electrons. The van der Waals surface area contributed by atoms with Crippen LogP contribution in [0.15, 0.2) is 10.6 Å². The summed E-state index contributed by atoms with van der Waals surface area (Å²) in [6, 6.07) is 1.32. The standard InChI is InChI=1S/C15H17F3N2O3/c1-7-4-20(5-8(2)22-7)13-9(6-21)3-10-12(15(17)18)19-23-14(10)11(13)16/h3,7-8,15,21H,4-6H2,1-2H3/t7-,8+. The molecule has 2 heterocycles. The average Bonchev–Trinajstić information content (AvgIpc) is 2.90. The molecule has 1 aromatic heterocycles. The molecule has 3 rings (SSSR count). The van der Waals surface area contributed by atoms with Crippen LogP contribution in [0.3, 0.4) is 0 Å². The van der Waals surface area contributed by atoms with E-state index in [1.54, 1.807) is 4.90 Å². The summed E-state index contributed by atoms with van der Waals surface area (Å²) in [5.41, 5.74) is -0.566. The van der Waals surface area contributed by atoms with Crippen molar-refractivity contribution in [3.05, 3.63) is 23.1 Å². The lowest BCUT2D eigenvalue weighted by Gasteiger charge is -2.37. The van der Waals surface area contributed by atoms with Gasteiger partial charge in [-0.25, -0.2) is 13.2 Å². The van der Waals surface area contributed by atoms with E-state index in [0.717, 1.165) is 0 Å². The molecule has 0 spiro atoms. The Morgan fingerprint density at radius 3 is 2.57 bits per heavy atom. The second-order valence-corrected chi connectivity index (χ2v) is 5.76. The number of fused-ring (bicyclic) bond motifs is 1. The average molecular weight is 330 g/mol. The summed E-state index contributed by atoms with van der Waals surface area (Å²) in [4.78, 5) is 1.74. The minimum atomic E-state index is -2.88.